The highest BCUT2D eigenvalue weighted by Gasteiger charge is 2.44. The van der Waals surface area contributed by atoms with Crippen molar-refractivity contribution < 1.29 is 48.3 Å². The van der Waals surface area contributed by atoms with Gasteiger partial charge in [-0.05, 0) is 38.4 Å². The van der Waals surface area contributed by atoms with Gasteiger partial charge in [-0.2, -0.15) is 4.31 Å². The lowest BCUT2D eigenvalue weighted by Gasteiger charge is -2.39. The van der Waals surface area contributed by atoms with Crippen molar-refractivity contribution in [1.82, 2.24) is 14.2 Å². The number of aromatic nitrogens is 1. The Kier molecular flexibility index (Phi) is 9.88. The van der Waals surface area contributed by atoms with Crippen LogP contribution in [0.5, 0.6) is 5.88 Å². The van der Waals surface area contributed by atoms with Crippen LogP contribution in [0, 0.1) is 0 Å². The predicted octanol–water partition coefficient (Wildman–Crippen LogP) is -0.273. The molecule has 2 aliphatic heterocycles. The van der Waals surface area contributed by atoms with Gasteiger partial charge >= 0.3 is 0 Å². The zero-order valence-corrected chi connectivity index (χ0v) is 25.8. The molecule has 0 aliphatic carbocycles. The number of aliphatic hydroxyl groups is 4. The number of hydrogen-bond acceptors (Lipinski definition) is 13. The number of sulfonamides is 1. The number of aromatic amines is 1. The first-order valence-electron chi connectivity index (χ1n) is 14.2. The third-order valence-electron chi connectivity index (χ3n) is 7.63. The highest BCUT2D eigenvalue weighted by Crippen LogP contribution is 2.36. The highest BCUT2D eigenvalue weighted by atomic mass is 32.2. The van der Waals surface area contributed by atoms with E-state index in [-0.39, 0.29) is 47.5 Å². The lowest BCUT2D eigenvalue weighted by molar-refractivity contribution is -0.302. The maximum atomic E-state index is 13.4. The number of likely N-dealkylation sites (N-methyl/N-ethyl adjacent to an activating group) is 2. The molecule has 0 amide bonds. The summed E-state index contributed by atoms with van der Waals surface area (Å²) < 4.78 is 38.8. The second-order valence-corrected chi connectivity index (χ2v) is 13.0. The maximum Gasteiger partial charge on any atom is 0.242 e. The van der Waals surface area contributed by atoms with Crippen molar-refractivity contribution in [1.29, 1.82) is 0 Å². The van der Waals surface area contributed by atoms with E-state index in [9.17, 15) is 34.0 Å². The van der Waals surface area contributed by atoms with Gasteiger partial charge in [0.25, 0.3) is 0 Å². The van der Waals surface area contributed by atoms with Gasteiger partial charge in [-0.15, -0.1) is 0 Å². The van der Waals surface area contributed by atoms with Crippen molar-refractivity contribution in [3.8, 4) is 5.88 Å². The molecule has 0 spiro atoms. The Morgan fingerprint density at radius 2 is 1.78 bits per heavy atom. The van der Waals surface area contributed by atoms with Crippen molar-refractivity contribution in [3.63, 3.8) is 0 Å². The summed E-state index contributed by atoms with van der Waals surface area (Å²) in [5, 5.41) is 55.1. The molecule has 0 saturated carbocycles. The largest absolute Gasteiger partial charge is 0.494 e. The summed E-state index contributed by atoms with van der Waals surface area (Å²) in [7, 11) is 1.39. The average Bonchev–Trinajstić information content (AvgIpc) is 3.54. The van der Waals surface area contributed by atoms with Gasteiger partial charge in [-0.1, -0.05) is 23.4 Å². The normalized spacial score (nSPS) is 24.5. The molecule has 1 saturated heterocycles. The van der Waals surface area contributed by atoms with E-state index < -0.39 is 47.3 Å². The molecule has 5 rings (SSSR count). The van der Waals surface area contributed by atoms with Gasteiger partial charge in [0.1, 0.15) is 42.4 Å². The third kappa shape index (κ3) is 6.60. The molecule has 1 fully saturated rings. The highest BCUT2D eigenvalue weighted by molar-refractivity contribution is 7.89. The van der Waals surface area contributed by atoms with E-state index >= 15 is 0 Å². The monoisotopic (exact) mass is 647 g/mol. The van der Waals surface area contributed by atoms with Crippen LogP contribution in [0.15, 0.2) is 57.5 Å². The molecule has 3 aromatic rings. The number of aliphatic hydroxyl groups excluding tert-OH is 4. The Labute approximate surface area is 259 Å². The molecule has 2 aliphatic rings. The number of benzene rings is 2. The summed E-state index contributed by atoms with van der Waals surface area (Å²) in [4.78, 5) is 15.0. The number of nitrogens with one attached hydrogen (secondary N) is 1. The van der Waals surface area contributed by atoms with Gasteiger partial charge in [-0.3, -0.25) is 0 Å². The van der Waals surface area contributed by atoms with Crippen LogP contribution in [0.25, 0.3) is 10.9 Å². The zero-order valence-electron chi connectivity index (χ0n) is 24.9. The summed E-state index contributed by atoms with van der Waals surface area (Å²) in [5.41, 5.74) is 2.45. The van der Waals surface area contributed by atoms with Crippen molar-refractivity contribution in [3.05, 3.63) is 53.6 Å². The fourth-order valence-corrected chi connectivity index (χ4v) is 6.24. The van der Waals surface area contributed by atoms with Crippen LogP contribution >= 0.6 is 0 Å². The summed E-state index contributed by atoms with van der Waals surface area (Å²) in [6.45, 7) is -0.0345. The van der Waals surface area contributed by atoms with E-state index in [1.165, 1.54) is 23.5 Å². The number of fused-ring (bicyclic) bond motifs is 2. The smallest absolute Gasteiger partial charge is 0.242 e. The van der Waals surface area contributed by atoms with Gasteiger partial charge in [0.2, 0.25) is 10.0 Å². The van der Waals surface area contributed by atoms with Gasteiger partial charge in [0, 0.05) is 36.6 Å². The molecule has 45 heavy (non-hydrogen) atoms. The molecule has 0 radical (unpaired) electrons. The molecule has 16 heteroatoms. The van der Waals surface area contributed by atoms with Crippen LogP contribution in [0.1, 0.15) is 11.1 Å². The van der Waals surface area contributed by atoms with E-state index in [2.05, 4.69) is 15.1 Å². The van der Waals surface area contributed by atoms with Gasteiger partial charge in [0.05, 0.1) is 29.4 Å². The van der Waals surface area contributed by atoms with Crippen molar-refractivity contribution in [2.45, 2.75) is 35.6 Å². The number of H-pyrrole nitrogens is 1. The lowest BCUT2D eigenvalue weighted by atomic mass is 9.99. The zero-order chi connectivity index (χ0) is 32.5. The van der Waals surface area contributed by atoms with Crippen molar-refractivity contribution >= 4 is 38.0 Å². The Bertz CT molecular complexity index is 1690. The molecular formula is C29H37N5O10S. The fourth-order valence-electron chi connectivity index (χ4n) is 5.05. The van der Waals surface area contributed by atoms with Crippen molar-refractivity contribution in [2.75, 3.05) is 54.1 Å². The summed E-state index contributed by atoms with van der Waals surface area (Å²) >= 11 is 0. The van der Waals surface area contributed by atoms with Gasteiger partial charge in [0.15, 0.2) is 12.2 Å². The molecule has 2 aromatic carbocycles. The quantitative estimate of drug-likeness (QED) is 0.111. The van der Waals surface area contributed by atoms with Gasteiger partial charge < -0.3 is 49.7 Å². The molecule has 0 unspecified atom stereocenters. The lowest BCUT2D eigenvalue weighted by Crippen LogP contribution is -2.59. The molecule has 244 valence electrons. The number of aliphatic imine (C=N–C) groups is 1. The number of rotatable bonds is 12. The van der Waals surface area contributed by atoms with Crippen LogP contribution < -0.4 is 0 Å². The Morgan fingerprint density at radius 1 is 1.02 bits per heavy atom. The topological polar surface area (TPSA) is 210 Å². The molecular weight excluding hydrogens is 610 g/mol. The number of para-hydroxylation sites is 1. The number of hydrogen-bond donors (Lipinski definition) is 6. The van der Waals surface area contributed by atoms with Crippen LogP contribution in [-0.2, 0) is 24.3 Å². The number of nitrogens with zero attached hydrogens (tertiary/aromatic N) is 4. The van der Waals surface area contributed by atoms with E-state index in [1.54, 1.807) is 30.3 Å². The summed E-state index contributed by atoms with van der Waals surface area (Å²) in [6, 6.07) is 11.7. The average molecular weight is 648 g/mol. The standard InChI is InChI=1S/C29H37N5O10S/c1-33(2)10-11-34(3)45(40,41)16-8-9-20-18(14-16)22(28(39)31-20)24-23(17-6-4-5-7-19(17)30-24)32-43-13-12-42-29-27(38)26(37)25(36)21(15-35)44-29/h4-9,14,21,25-27,29,31,35-39H,10-13,15H2,1-3H3/b32-23+/t21-,25-,26+,27-,29-/m1/s1. The van der Waals surface area contributed by atoms with E-state index in [1.807, 2.05) is 19.0 Å². The van der Waals surface area contributed by atoms with Crippen LogP contribution in [-0.4, -0.2) is 144 Å². The summed E-state index contributed by atoms with van der Waals surface area (Å²) in [5.74, 6) is -0.231. The van der Waals surface area contributed by atoms with Crippen LogP contribution in [0.4, 0.5) is 5.69 Å². The maximum absolute atomic E-state index is 13.4. The predicted molar refractivity (Wildman–Crippen MR) is 163 cm³/mol. The van der Waals surface area contributed by atoms with E-state index in [0.29, 0.717) is 28.7 Å². The molecule has 6 N–H and O–H groups in total. The number of aromatic hydroxyl groups is 1. The molecule has 5 atom stereocenters. The molecule has 3 heterocycles. The second kappa shape index (κ2) is 13.5. The van der Waals surface area contributed by atoms with Crippen molar-refractivity contribution in [2.24, 2.45) is 10.1 Å². The minimum absolute atomic E-state index is 0.0488. The minimum atomic E-state index is -3.84. The SMILES string of the molecule is CN(C)CCN(C)S(=O)(=O)c1ccc2[nH]c(O)c(C3=Nc4ccccc4/C3=N\OCCO[C@@H]3O[C@H](CO)[C@@H](O)[C@H](O)[C@H]3O)c2c1. The Hall–Kier alpha value is -3.45. The summed E-state index contributed by atoms with van der Waals surface area (Å²) in [6.07, 6.45) is -7.07. The molecule has 1 aromatic heterocycles. The van der Waals surface area contributed by atoms with E-state index in [0.717, 1.165) is 0 Å². The first-order chi connectivity index (χ1) is 21.4. The Morgan fingerprint density at radius 3 is 2.51 bits per heavy atom. The number of oxime groups is 1. The first kappa shape index (κ1) is 32.9. The van der Waals surface area contributed by atoms with E-state index in [4.69, 9.17) is 14.3 Å². The minimum Gasteiger partial charge on any atom is -0.494 e. The van der Waals surface area contributed by atoms with Gasteiger partial charge in [-0.25, -0.2) is 13.4 Å². The fraction of sp³-hybridized carbons (Fsp3) is 0.448. The third-order valence-corrected chi connectivity index (χ3v) is 9.49. The number of ether oxygens (including phenoxy) is 2. The Balaban J connectivity index is 1.38. The molecule has 0 bridgehead atoms. The van der Waals surface area contributed by atoms with Crippen LogP contribution in [0.3, 0.4) is 0 Å². The van der Waals surface area contributed by atoms with Crippen LogP contribution in [0.2, 0.25) is 0 Å². The first-order valence-corrected chi connectivity index (χ1v) is 15.6. The molecule has 15 nitrogen and oxygen atoms in total. The second-order valence-electron chi connectivity index (χ2n) is 11.0.